The van der Waals surface area contributed by atoms with Gasteiger partial charge in [-0.1, -0.05) is 0 Å². The lowest BCUT2D eigenvalue weighted by Gasteiger charge is -2.33. The van der Waals surface area contributed by atoms with Crippen molar-refractivity contribution in [2.75, 3.05) is 6.61 Å². The maximum Gasteiger partial charge on any atom is 0.161 e. The highest BCUT2D eigenvalue weighted by molar-refractivity contribution is 5.18. The zero-order valence-electron chi connectivity index (χ0n) is 7.19. The predicted octanol–water partition coefficient (Wildman–Crippen LogP) is 0.0330. The molecule has 0 aromatic rings. The van der Waals surface area contributed by atoms with Crippen molar-refractivity contribution >= 4 is 0 Å². The zero-order chi connectivity index (χ0) is 10.0. The van der Waals surface area contributed by atoms with Gasteiger partial charge in [-0.15, -0.1) is 0 Å². The van der Waals surface area contributed by atoms with E-state index in [0.717, 1.165) is 0 Å². The number of rotatable bonds is 2. The van der Waals surface area contributed by atoms with Gasteiger partial charge in [0, 0.05) is 6.42 Å². The van der Waals surface area contributed by atoms with Gasteiger partial charge in [-0.3, -0.25) is 0 Å². The van der Waals surface area contributed by atoms with Crippen LogP contribution in [0.2, 0.25) is 0 Å². The van der Waals surface area contributed by atoms with Gasteiger partial charge in [-0.05, 0) is 6.92 Å². The van der Waals surface area contributed by atoms with Crippen LogP contribution in [0, 0.1) is 24.4 Å². The van der Waals surface area contributed by atoms with E-state index in [1.165, 1.54) is 6.92 Å². The molecule has 0 amide bonds. The highest BCUT2D eigenvalue weighted by atomic mass is 16.5. The van der Waals surface area contributed by atoms with Crippen LogP contribution >= 0.6 is 0 Å². The van der Waals surface area contributed by atoms with Crippen LogP contribution < -0.4 is 0 Å². The number of aliphatic hydroxyl groups is 4. The van der Waals surface area contributed by atoms with Crippen LogP contribution in [0.3, 0.4) is 0 Å². The molecule has 1 aliphatic heterocycles. The third kappa shape index (κ3) is 2.62. The molecule has 1 fully saturated rings. The van der Waals surface area contributed by atoms with Gasteiger partial charge in [-0.2, -0.15) is 0 Å². The normalized spacial score (nSPS) is 28.6. The quantitative estimate of drug-likeness (QED) is 0.491. The molecule has 5 nitrogen and oxygen atoms in total. The van der Waals surface area contributed by atoms with Gasteiger partial charge in [0.05, 0.1) is 12.7 Å². The molecule has 0 aromatic heterocycles. The predicted molar refractivity (Wildman–Crippen MR) is 41.0 cm³/mol. The third-order valence-electron chi connectivity index (χ3n) is 1.68. The first-order chi connectivity index (χ1) is 6.02. The Bertz CT molecular complexity index is 161. The lowest BCUT2D eigenvalue weighted by atomic mass is 9.96. The Morgan fingerprint density at radius 1 is 1.54 bits per heavy atom. The molecule has 0 unspecified atom stereocenters. The minimum atomic E-state index is -1.35. The minimum absolute atomic E-state index is 0.0541. The Hall–Kier alpha value is -0.200. The Morgan fingerprint density at radius 2 is 2.15 bits per heavy atom. The van der Waals surface area contributed by atoms with E-state index in [1.54, 1.807) is 0 Å². The molecule has 1 aliphatic rings. The summed E-state index contributed by atoms with van der Waals surface area (Å²) >= 11 is 0. The van der Waals surface area contributed by atoms with E-state index in [4.69, 9.17) is 20.1 Å². The van der Waals surface area contributed by atoms with Crippen LogP contribution in [-0.2, 0) is 4.74 Å². The number of hydrogen-bond acceptors (Lipinski definition) is 5. The highest BCUT2D eigenvalue weighted by Crippen LogP contribution is 2.33. The Balaban J connectivity index is 2.48. The van der Waals surface area contributed by atoms with Crippen molar-refractivity contribution in [1.29, 1.82) is 0 Å². The Kier molecular flexibility index (Phi) is 3.63. The maximum atomic E-state index is 9.30. The van der Waals surface area contributed by atoms with Gasteiger partial charge >= 0.3 is 0 Å². The van der Waals surface area contributed by atoms with E-state index in [9.17, 15) is 5.11 Å². The van der Waals surface area contributed by atoms with Crippen LogP contribution in [0.15, 0.2) is 0 Å². The fourth-order valence-corrected chi connectivity index (χ4v) is 1.02. The van der Waals surface area contributed by atoms with E-state index < -0.39 is 12.2 Å². The summed E-state index contributed by atoms with van der Waals surface area (Å²) in [4.78, 5) is 0. The zero-order valence-corrected chi connectivity index (χ0v) is 7.19. The molecule has 0 aliphatic carbocycles. The van der Waals surface area contributed by atoms with E-state index >= 15 is 0 Å². The van der Waals surface area contributed by atoms with Crippen molar-refractivity contribution in [3.05, 3.63) is 24.4 Å². The fraction of sp³-hybridized carbons (Fsp3) is 0.500. The largest absolute Gasteiger partial charge is 0.387 e. The molecule has 1 heterocycles. The van der Waals surface area contributed by atoms with E-state index in [-0.39, 0.29) is 31.3 Å². The fourth-order valence-electron chi connectivity index (χ4n) is 1.02. The summed E-state index contributed by atoms with van der Waals surface area (Å²) < 4.78 is 4.90. The molecule has 0 saturated carbocycles. The number of aliphatic hydroxyl groups excluding tert-OH is 4. The lowest BCUT2D eigenvalue weighted by molar-refractivity contribution is -0.0574. The summed E-state index contributed by atoms with van der Waals surface area (Å²) in [7, 11) is 0. The van der Waals surface area contributed by atoms with Gasteiger partial charge in [-0.25, -0.2) is 0 Å². The molecule has 0 aromatic carbocycles. The molecule has 74 valence electrons. The number of hydrogen-bond donors (Lipinski definition) is 4. The average Bonchev–Trinajstić information content (AvgIpc) is 2.06. The summed E-state index contributed by atoms with van der Waals surface area (Å²) in [5.41, 5.74) is 0. The van der Waals surface area contributed by atoms with Crippen molar-refractivity contribution < 1.29 is 25.2 Å². The minimum Gasteiger partial charge on any atom is -0.387 e. The molecule has 5 heteroatoms. The first-order valence-electron chi connectivity index (χ1n) is 3.81. The molecule has 13 heavy (non-hydrogen) atoms. The second-order valence-corrected chi connectivity index (χ2v) is 2.90. The van der Waals surface area contributed by atoms with Crippen molar-refractivity contribution in [3.63, 3.8) is 0 Å². The second-order valence-electron chi connectivity index (χ2n) is 2.90. The highest BCUT2D eigenvalue weighted by Gasteiger charge is 2.40. The maximum absolute atomic E-state index is 9.30. The van der Waals surface area contributed by atoms with E-state index in [2.05, 4.69) is 0 Å². The molecule has 1 atom stereocenters. The van der Waals surface area contributed by atoms with Crippen molar-refractivity contribution in [2.45, 2.75) is 19.4 Å². The lowest BCUT2D eigenvalue weighted by Crippen LogP contribution is -2.39. The van der Waals surface area contributed by atoms with Crippen LogP contribution in [0.1, 0.15) is 13.3 Å². The molecule has 4 N–H and O–H groups in total. The Morgan fingerprint density at radius 3 is 2.69 bits per heavy atom. The van der Waals surface area contributed by atoms with Crippen LogP contribution in [-0.4, -0.2) is 33.1 Å². The standard InChI is InChI=1S/C8H12O5/c1-4(9)2-6-8(12)7(11)5(10)3-13-6/h8-12H,2-3H2,1H3/t8-/m0/s1. The molecule has 4 radical (unpaired) electrons. The smallest absolute Gasteiger partial charge is 0.161 e. The van der Waals surface area contributed by atoms with E-state index in [1.807, 2.05) is 0 Å². The number of ether oxygens (including phenoxy) is 1. The van der Waals surface area contributed by atoms with Gasteiger partial charge in [0.15, 0.2) is 12.2 Å². The summed E-state index contributed by atoms with van der Waals surface area (Å²) in [6, 6.07) is 0. The monoisotopic (exact) mass is 188 g/mol. The molecular formula is C8H12O5. The van der Waals surface area contributed by atoms with Crippen molar-refractivity contribution in [3.8, 4) is 0 Å². The van der Waals surface area contributed by atoms with Crippen LogP contribution in [0.25, 0.3) is 0 Å². The van der Waals surface area contributed by atoms with Gasteiger partial charge in [0.2, 0.25) is 0 Å². The van der Waals surface area contributed by atoms with Gasteiger partial charge in [0.1, 0.15) is 12.2 Å². The van der Waals surface area contributed by atoms with Gasteiger partial charge in [0.25, 0.3) is 0 Å². The topological polar surface area (TPSA) is 90.2 Å². The third-order valence-corrected chi connectivity index (χ3v) is 1.68. The summed E-state index contributed by atoms with van der Waals surface area (Å²) in [5.74, 6) is 0. The molecule has 1 saturated heterocycles. The molecular weight excluding hydrogens is 176 g/mol. The summed E-state index contributed by atoms with van der Waals surface area (Å²) in [6.07, 6.45) is -1.98. The molecule has 0 bridgehead atoms. The molecule has 1 rings (SSSR count). The Labute approximate surface area is 76.6 Å². The van der Waals surface area contributed by atoms with Crippen LogP contribution in [0.4, 0.5) is 0 Å². The van der Waals surface area contributed by atoms with Crippen LogP contribution in [0.5, 0.6) is 0 Å². The summed E-state index contributed by atoms with van der Waals surface area (Å²) in [6.45, 7) is 1.28. The SMILES string of the molecule is C[C](O)C[C]1OC[C](O)[C](O)[C@H]1O. The van der Waals surface area contributed by atoms with Crippen molar-refractivity contribution in [1.82, 2.24) is 0 Å². The second kappa shape index (κ2) is 4.34. The average molecular weight is 188 g/mol. The van der Waals surface area contributed by atoms with Crippen molar-refractivity contribution in [2.24, 2.45) is 0 Å². The van der Waals surface area contributed by atoms with Gasteiger partial charge < -0.3 is 25.2 Å². The first kappa shape index (κ1) is 10.9. The summed E-state index contributed by atoms with van der Waals surface area (Å²) in [5, 5.41) is 36.3. The molecule has 0 spiro atoms. The first-order valence-corrected chi connectivity index (χ1v) is 3.81. The van der Waals surface area contributed by atoms with E-state index in [0.29, 0.717) is 0 Å².